The Kier molecular flexibility index (Phi) is 6.41. The molecule has 2 aromatic carbocycles. The Hall–Kier alpha value is -3.72. The van der Waals surface area contributed by atoms with Crippen LogP contribution in [-0.2, 0) is 9.53 Å². The summed E-state index contributed by atoms with van der Waals surface area (Å²) in [4.78, 5) is 31.3. The summed E-state index contributed by atoms with van der Waals surface area (Å²) in [6, 6.07) is 12.3. The molecular weight excluding hydrogens is 445 g/mol. The van der Waals surface area contributed by atoms with Crippen LogP contribution in [0, 0.1) is 5.82 Å². The summed E-state index contributed by atoms with van der Waals surface area (Å²) in [5, 5.41) is 3.02. The Bertz CT molecular complexity index is 1390. The summed E-state index contributed by atoms with van der Waals surface area (Å²) in [6.45, 7) is 3.67. The van der Waals surface area contributed by atoms with Crippen LogP contribution in [0.1, 0.15) is 25.5 Å². The average Bonchev–Trinajstić information content (AvgIpc) is 3.12. The maximum atomic E-state index is 13.4. The van der Waals surface area contributed by atoms with Gasteiger partial charge in [-0.15, -0.1) is 0 Å². The minimum atomic E-state index is -0.695. The third kappa shape index (κ3) is 4.45. The predicted molar refractivity (Wildman–Crippen MR) is 124 cm³/mol. The molecule has 0 amide bonds. The van der Waals surface area contributed by atoms with Crippen molar-refractivity contribution in [3.05, 3.63) is 90.9 Å². The Labute approximate surface area is 193 Å². The lowest BCUT2D eigenvalue weighted by Gasteiger charge is -2.24. The number of nitrogens with one attached hydrogen (secondary N) is 1. The van der Waals surface area contributed by atoms with Gasteiger partial charge in [0.15, 0.2) is 4.80 Å². The number of anilines is 1. The third-order valence-corrected chi connectivity index (χ3v) is 6.15. The summed E-state index contributed by atoms with van der Waals surface area (Å²) in [5.41, 5.74) is 1.87. The molecule has 0 saturated carbocycles. The monoisotopic (exact) mass is 467 g/mol. The van der Waals surface area contributed by atoms with E-state index in [0.717, 1.165) is 5.56 Å². The van der Waals surface area contributed by atoms with E-state index < -0.39 is 12.0 Å². The van der Waals surface area contributed by atoms with E-state index in [2.05, 4.69) is 10.3 Å². The van der Waals surface area contributed by atoms with Crippen molar-refractivity contribution in [2.45, 2.75) is 19.9 Å². The Morgan fingerprint density at radius 1 is 1.21 bits per heavy atom. The largest absolute Gasteiger partial charge is 0.497 e. The number of methoxy groups -OCH3 is 1. The van der Waals surface area contributed by atoms with Gasteiger partial charge in [-0.1, -0.05) is 23.5 Å². The zero-order chi connectivity index (χ0) is 23.5. The molecule has 7 nitrogen and oxygen atoms in total. The topological polar surface area (TPSA) is 81.9 Å². The molecule has 1 aliphatic rings. The zero-order valence-electron chi connectivity index (χ0n) is 18.3. The van der Waals surface area contributed by atoms with Crippen molar-refractivity contribution in [3.63, 3.8) is 0 Å². The van der Waals surface area contributed by atoms with Crippen molar-refractivity contribution < 1.29 is 18.7 Å². The number of hydrogen-bond donors (Lipinski definition) is 1. The van der Waals surface area contributed by atoms with Crippen molar-refractivity contribution in [2.24, 2.45) is 4.99 Å². The van der Waals surface area contributed by atoms with E-state index in [4.69, 9.17) is 9.47 Å². The normalized spacial score (nSPS) is 15.6. The van der Waals surface area contributed by atoms with Crippen LogP contribution in [0.3, 0.4) is 0 Å². The molecule has 0 unspecified atom stereocenters. The molecule has 0 fully saturated rings. The summed E-state index contributed by atoms with van der Waals surface area (Å²) in [5.74, 6) is -0.201. The number of halogens is 1. The Morgan fingerprint density at radius 2 is 1.91 bits per heavy atom. The molecule has 170 valence electrons. The fourth-order valence-electron chi connectivity index (χ4n) is 3.59. The predicted octanol–water partition coefficient (Wildman–Crippen LogP) is 2.97. The maximum Gasteiger partial charge on any atom is 0.338 e. The van der Waals surface area contributed by atoms with Crippen LogP contribution in [0.2, 0.25) is 0 Å². The number of nitrogens with zero attached hydrogens (tertiary/aromatic N) is 2. The van der Waals surface area contributed by atoms with Gasteiger partial charge in [-0.05, 0) is 55.8 Å². The van der Waals surface area contributed by atoms with Crippen molar-refractivity contribution in [3.8, 4) is 5.75 Å². The third-order valence-electron chi connectivity index (χ3n) is 5.16. The van der Waals surface area contributed by atoms with Crippen molar-refractivity contribution >= 4 is 29.2 Å². The van der Waals surface area contributed by atoms with E-state index in [1.807, 2.05) is 12.1 Å². The van der Waals surface area contributed by atoms with Crippen LogP contribution in [0.5, 0.6) is 5.75 Å². The fraction of sp³-hybridized carbons (Fsp3) is 0.208. The number of hydrogen-bond acceptors (Lipinski definition) is 7. The molecular formula is C24H22FN3O4S. The maximum absolute atomic E-state index is 13.4. The molecule has 1 aliphatic heterocycles. The second kappa shape index (κ2) is 9.41. The molecule has 0 aliphatic carbocycles. The van der Waals surface area contributed by atoms with E-state index in [9.17, 15) is 14.0 Å². The summed E-state index contributed by atoms with van der Waals surface area (Å²) >= 11 is 1.20. The first-order chi connectivity index (χ1) is 15.9. The first-order valence-electron chi connectivity index (χ1n) is 10.3. The number of allylic oxidation sites excluding steroid dienone is 1. The number of thiazole rings is 1. The number of rotatable bonds is 6. The molecule has 0 radical (unpaired) electrons. The summed E-state index contributed by atoms with van der Waals surface area (Å²) in [7, 11) is 1.57. The lowest BCUT2D eigenvalue weighted by molar-refractivity contribution is -0.139. The molecule has 1 aromatic heterocycles. The number of fused-ring (bicyclic) bond motifs is 1. The molecule has 0 saturated heterocycles. The van der Waals surface area contributed by atoms with E-state index in [1.54, 1.807) is 51.4 Å². The first-order valence-corrected chi connectivity index (χ1v) is 11.1. The van der Waals surface area contributed by atoms with Crippen LogP contribution in [0.4, 0.5) is 10.1 Å². The van der Waals surface area contributed by atoms with Gasteiger partial charge >= 0.3 is 5.97 Å². The number of ether oxygens (including phenoxy) is 2. The van der Waals surface area contributed by atoms with Gasteiger partial charge in [0.1, 0.15) is 16.1 Å². The molecule has 4 rings (SSSR count). The molecule has 1 atom stereocenters. The second-order valence-electron chi connectivity index (χ2n) is 7.23. The van der Waals surface area contributed by atoms with Gasteiger partial charge in [0.2, 0.25) is 0 Å². The van der Waals surface area contributed by atoms with Gasteiger partial charge in [-0.2, -0.15) is 0 Å². The van der Waals surface area contributed by atoms with Crippen molar-refractivity contribution in [1.82, 2.24) is 4.57 Å². The van der Waals surface area contributed by atoms with E-state index in [0.29, 0.717) is 32.0 Å². The fourth-order valence-corrected chi connectivity index (χ4v) is 4.56. The highest BCUT2D eigenvalue weighted by Crippen LogP contribution is 2.31. The molecule has 1 N–H and O–H groups in total. The van der Waals surface area contributed by atoms with Crippen LogP contribution < -0.4 is 24.9 Å². The highest BCUT2D eigenvalue weighted by molar-refractivity contribution is 7.07. The number of esters is 1. The SMILES string of the molecule is CCOC(=O)C1=C(C)N=c2s/c(=C\Nc3ccc(F)cc3)c(=O)n2[C@@H]1c1ccc(OC)cc1. The van der Waals surface area contributed by atoms with Crippen LogP contribution in [0.15, 0.2) is 69.6 Å². The second-order valence-corrected chi connectivity index (χ2v) is 8.24. The summed E-state index contributed by atoms with van der Waals surface area (Å²) in [6.07, 6.45) is 1.56. The minimum absolute atomic E-state index is 0.205. The standard InChI is InChI=1S/C24H22FN3O4S/c1-4-32-23(30)20-14(2)27-24-28(21(20)15-5-11-18(31-3)12-6-15)22(29)19(33-24)13-26-17-9-7-16(25)8-10-17/h5-13,21,26H,4H2,1-3H3/b19-13-/t21-/m1/s1. The lowest BCUT2D eigenvalue weighted by atomic mass is 9.96. The Balaban J connectivity index is 1.84. The highest BCUT2D eigenvalue weighted by atomic mass is 32.1. The average molecular weight is 468 g/mol. The Morgan fingerprint density at radius 3 is 2.55 bits per heavy atom. The van der Waals surface area contributed by atoms with Crippen LogP contribution in [-0.4, -0.2) is 24.3 Å². The van der Waals surface area contributed by atoms with Gasteiger partial charge < -0.3 is 14.8 Å². The van der Waals surface area contributed by atoms with E-state index >= 15 is 0 Å². The van der Waals surface area contributed by atoms with Gasteiger partial charge in [0.25, 0.3) is 5.56 Å². The molecule has 9 heteroatoms. The molecule has 3 aromatic rings. The number of benzene rings is 2. The van der Waals surface area contributed by atoms with Gasteiger partial charge in [-0.25, -0.2) is 14.2 Å². The number of carbonyl (C=O) groups is 1. The van der Waals surface area contributed by atoms with Gasteiger partial charge in [-0.3, -0.25) is 9.36 Å². The molecule has 33 heavy (non-hydrogen) atoms. The van der Waals surface area contributed by atoms with Crippen LogP contribution in [0.25, 0.3) is 6.20 Å². The number of carbonyl (C=O) groups excluding carboxylic acids is 1. The summed E-state index contributed by atoms with van der Waals surface area (Å²) < 4.78 is 25.6. The quantitative estimate of drug-likeness (QED) is 0.564. The molecule has 0 spiro atoms. The van der Waals surface area contributed by atoms with Gasteiger partial charge in [0, 0.05) is 11.9 Å². The van der Waals surface area contributed by atoms with Crippen LogP contribution >= 0.6 is 11.3 Å². The van der Waals surface area contributed by atoms with Crippen molar-refractivity contribution in [2.75, 3.05) is 19.0 Å². The highest BCUT2D eigenvalue weighted by Gasteiger charge is 2.33. The van der Waals surface area contributed by atoms with Crippen molar-refractivity contribution in [1.29, 1.82) is 0 Å². The molecule has 0 bridgehead atoms. The number of aromatic nitrogens is 1. The lowest BCUT2D eigenvalue weighted by Crippen LogP contribution is -2.40. The van der Waals surface area contributed by atoms with E-state index in [1.165, 1.54) is 28.0 Å². The first kappa shape index (κ1) is 22.5. The van der Waals surface area contributed by atoms with Gasteiger partial charge in [0.05, 0.1) is 31.0 Å². The zero-order valence-corrected chi connectivity index (χ0v) is 19.1. The van der Waals surface area contributed by atoms with E-state index in [-0.39, 0.29) is 18.0 Å². The minimum Gasteiger partial charge on any atom is -0.497 e. The smallest absolute Gasteiger partial charge is 0.338 e. The molecule has 2 heterocycles.